The Morgan fingerprint density at radius 2 is 1.50 bits per heavy atom. The molecule has 3 atom stereocenters. The van der Waals surface area contributed by atoms with Crippen molar-refractivity contribution in [2.45, 2.75) is 45.3 Å². The molecule has 0 radical (unpaired) electrons. The third-order valence-corrected chi connectivity index (χ3v) is 2.89. The monoisotopic (exact) mass is 370 g/mol. The van der Waals surface area contributed by atoms with E-state index >= 15 is 0 Å². The van der Waals surface area contributed by atoms with Crippen LogP contribution in [-0.4, -0.2) is 97.0 Å². The Balaban J connectivity index is 0. The predicted molar refractivity (Wildman–Crippen MR) is 101 cm³/mol. The van der Waals surface area contributed by atoms with E-state index < -0.39 is 11.5 Å². The molecule has 0 saturated carbocycles. The highest BCUT2D eigenvalue weighted by Crippen LogP contribution is 1.98. The molecule has 0 fully saturated rings. The third-order valence-electron chi connectivity index (χ3n) is 2.73. The van der Waals surface area contributed by atoms with Crippen molar-refractivity contribution in [2.75, 3.05) is 59.2 Å². The van der Waals surface area contributed by atoms with E-state index in [2.05, 4.69) is 17.9 Å². The maximum absolute atomic E-state index is 9.38. The molecule has 0 aromatic rings. The average Bonchev–Trinajstić information content (AvgIpc) is 2.49. The zero-order valence-corrected chi connectivity index (χ0v) is 16.5. The van der Waals surface area contributed by atoms with Gasteiger partial charge in [-0.05, 0) is 13.8 Å². The molecule has 0 bridgehead atoms. The summed E-state index contributed by atoms with van der Waals surface area (Å²) in [4.78, 5) is 1.91. The molecule has 0 spiro atoms. The van der Waals surface area contributed by atoms with Crippen molar-refractivity contribution < 1.29 is 24.8 Å². The van der Waals surface area contributed by atoms with E-state index in [0.717, 1.165) is 0 Å². The summed E-state index contributed by atoms with van der Waals surface area (Å²) in [5.74, 6) is 0. The van der Waals surface area contributed by atoms with Gasteiger partial charge in [0.2, 0.25) is 0 Å². The van der Waals surface area contributed by atoms with Crippen LogP contribution in [0.2, 0.25) is 0 Å². The molecule has 0 rings (SSSR count). The average molecular weight is 371 g/mol. The molecule has 0 aromatic heterocycles. The van der Waals surface area contributed by atoms with E-state index in [1.54, 1.807) is 13.8 Å². The first-order valence-electron chi connectivity index (χ1n) is 8.72. The van der Waals surface area contributed by atoms with Crippen molar-refractivity contribution in [3.8, 4) is 0 Å². The molecule has 0 saturated heterocycles. The van der Waals surface area contributed by atoms with Gasteiger partial charge < -0.3 is 30.1 Å². The number of nitrogens with one attached hydrogen (secondary N) is 1. The van der Waals surface area contributed by atoms with Gasteiger partial charge in [0.1, 0.15) is 5.44 Å². The first kappa shape index (κ1) is 26.3. The van der Waals surface area contributed by atoms with Crippen molar-refractivity contribution in [3.63, 3.8) is 0 Å². The van der Waals surface area contributed by atoms with E-state index in [0.29, 0.717) is 59.2 Å². The quantitative estimate of drug-likeness (QED) is 0.157. The van der Waals surface area contributed by atoms with Crippen LogP contribution in [0, 0.1) is 0 Å². The fourth-order valence-corrected chi connectivity index (χ4v) is 2.06. The number of rotatable bonds is 15. The second kappa shape index (κ2) is 19.4. The van der Waals surface area contributed by atoms with E-state index in [4.69, 9.17) is 14.6 Å². The summed E-state index contributed by atoms with van der Waals surface area (Å²) in [5, 5.41) is 30.8. The van der Waals surface area contributed by atoms with E-state index in [9.17, 15) is 10.2 Å². The molecule has 24 heavy (non-hydrogen) atoms. The Hall–Kier alpha value is 0.0700. The molecule has 0 amide bonds. The number of hydrogen-bond acceptors (Lipinski definition) is 8. The van der Waals surface area contributed by atoms with Crippen LogP contribution in [0.3, 0.4) is 0 Å². The number of aliphatic hydroxyl groups excluding tert-OH is 3. The van der Waals surface area contributed by atoms with E-state index in [1.807, 2.05) is 18.7 Å². The standard InChI is InChI=1S/C14H32N2O5S.C2H6/c1-12(17)9-15-3-5-20-7-8-21-6-4-16(10-13(2)18)11-14(19)22;1-2/h12-15,17-19,22H,3-11H2,1-2H3;1-2H3. The number of ether oxygens (including phenoxy) is 2. The minimum Gasteiger partial charge on any atom is -0.392 e. The number of aliphatic hydroxyl groups is 3. The second-order valence-electron chi connectivity index (χ2n) is 5.37. The minimum absolute atomic E-state index is 0.344. The smallest absolute Gasteiger partial charge is 0.109 e. The van der Waals surface area contributed by atoms with E-state index in [-0.39, 0.29) is 6.10 Å². The molecular weight excluding hydrogens is 332 g/mol. The second-order valence-corrected chi connectivity index (χ2v) is 5.96. The number of nitrogens with zero attached hydrogens (tertiary/aromatic N) is 1. The summed E-state index contributed by atoms with van der Waals surface area (Å²) < 4.78 is 10.8. The molecule has 7 nitrogen and oxygen atoms in total. The summed E-state index contributed by atoms with van der Waals surface area (Å²) in [5.41, 5.74) is -0.726. The number of hydrogen-bond donors (Lipinski definition) is 5. The largest absolute Gasteiger partial charge is 0.392 e. The highest BCUT2D eigenvalue weighted by Gasteiger charge is 2.11. The summed E-state index contributed by atoms with van der Waals surface area (Å²) in [6, 6.07) is 0. The van der Waals surface area contributed by atoms with Crippen molar-refractivity contribution in [1.82, 2.24) is 10.2 Å². The maximum Gasteiger partial charge on any atom is 0.109 e. The number of thiol groups is 1. The molecule has 148 valence electrons. The van der Waals surface area contributed by atoms with Gasteiger partial charge in [0, 0.05) is 32.7 Å². The van der Waals surface area contributed by atoms with Crippen LogP contribution in [0.1, 0.15) is 27.7 Å². The highest BCUT2D eigenvalue weighted by molar-refractivity contribution is 7.80. The van der Waals surface area contributed by atoms with Gasteiger partial charge in [-0.25, -0.2) is 0 Å². The Labute approximate surface area is 152 Å². The lowest BCUT2D eigenvalue weighted by Gasteiger charge is -2.24. The summed E-state index contributed by atoms with van der Waals surface area (Å²) in [7, 11) is 0. The summed E-state index contributed by atoms with van der Waals surface area (Å²) >= 11 is 3.94. The Kier molecular flexibility index (Phi) is 21.3. The van der Waals surface area contributed by atoms with Gasteiger partial charge in [0.05, 0.1) is 38.6 Å². The molecule has 8 heteroatoms. The minimum atomic E-state index is -0.726. The highest BCUT2D eigenvalue weighted by atomic mass is 32.1. The first-order chi connectivity index (χ1) is 11.4. The lowest BCUT2D eigenvalue weighted by atomic mass is 10.3. The van der Waals surface area contributed by atoms with Gasteiger partial charge in [-0.2, -0.15) is 0 Å². The van der Waals surface area contributed by atoms with Gasteiger partial charge in [-0.1, -0.05) is 13.8 Å². The molecule has 0 aliphatic heterocycles. The van der Waals surface area contributed by atoms with Crippen LogP contribution >= 0.6 is 12.6 Å². The first-order valence-corrected chi connectivity index (χ1v) is 9.24. The van der Waals surface area contributed by atoms with E-state index in [1.165, 1.54) is 0 Å². The maximum atomic E-state index is 9.38. The molecule has 0 aromatic carbocycles. The third kappa shape index (κ3) is 22.1. The zero-order chi connectivity index (χ0) is 18.8. The molecular formula is C16H38N2O5S. The molecule has 0 aliphatic rings. The lowest BCUT2D eigenvalue weighted by Crippen LogP contribution is -2.38. The van der Waals surface area contributed by atoms with Gasteiger partial charge >= 0.3 is 0 Å². The van der Waals surface area contributed by atoms with Crippen LogP contribution in [0.15, 0.2) is 0 Å². The molecule has 4 N–H and O–H groups in total. The topological polar surface area (TPSA) is 94.4 Å². The Morgan fingerprint density at radius 1 is 0.917 bits per heavy atom. The van der Waals surface area contributed by atoms with Gasteiger partial charge in [-0.15, -0.1) is 12.6 Å². The van der Waals surface area contributed by atoms with Crippen molar-refractivity contribution in [1.29, 1.82) is 0 Å². The zero-order valence-electron chi connectivity index (χ0n) is 15.6. The van der Waals surface area contributed by atoms with Gasteiger partial charge in [0.15, 0.2) is 0 Å². The van der Waals surface area contributed by atoms with Crippen LogP contribution in [-0.2, 0) is 9.47 Å². The van der Waals surface area contributed by atoms with Gasteiger partial charge in [0.25, 0.3) is 0 Å². The molecule has 0 aliphatic carbocycles. The van der Waals surface area contributed by atoms with Crippen LogP contribution in [0.5, 0.6) is 0 Å². The van der Waals surface area contributed by atoms with Crippen LogP contribution in [0.4, 0.5) is 0 Å². The Bertz CT molecular complexity index is 237. The van der Waals surface area contributed by atoms with Crippen molar-refractivity contribution >= 4 is 12.6 Å². The fourth-order valence-electron chi connectivity index (χ4n) is 1.83. The molecule has 0 heterocycles. The fraction of sp³-hybridized carbons (Fsp3) is 1.00. The van der Waals surface area contributed by atoms with Crippen LogP contribution < -0.4 is 5.32 Å². The van der Waals surface area contributed by atoms with Crippen molar-refractivity contribution in [3.05, 3.63) is 0 Å². The predicted octanol–water partition coefficient (Wildman–Crippen LogP) is -0.0528. The lowest BCUT2D eigenvalue weighted by molar-refractivity contribution is 0.0294. The SMILES string of the molecule is CC.CC(O)CNCCOCCOCCN(CC(C)O)CC(O)S. The Morgan fingerprint density at radius 3 is 2.00 bits per heavy atom. The van der Waals surface area contributed by atoms with Gasteiger partial charge in [-0.3, -0.25) is 4.90 Å². The summed E-state index contributed by atoms with van der Waals surface area (Å²) in [6.07, 6.45) is -0.798. The molecule has 3 unspecified atom stereocenters. The van der Waals surface area contributed by atoms with Crippen molar-refractivity contribution in [2.24, 2.45) is 0 Å². The summed E-state index contributed by atoms with van der Waals surface area (Å²) in [6.45, 7) is 12.3. The normalized spacial score (nSPS) is 14.9. The van der Waals surface area contributed by atoms with Crippen LogP contribution in [0.25, 0.3) is 0 Å².